The second-order valence-corrected chi connectivity index (χ2v) is 11.7. The summed E-state index contributed by atoms with van der Waals surface area (Å²) in [5, 5.41) is 18.6. The molecule has 3 N–H and O–H groups in total. The SMILES string of the molecule is CC(C)(C)[C@]1(CCNc2ccnc3cc(F)ccc23)CN(C(=O)O)C[C@H]1CCNc1ccnc2cc(F)ccc12. The lowest BCUT2D eigenvalue weighted by atomic mass is 9.58. The zero-order chi connectivity index (χ0) is 28.5. The van der Waals surface area contributed by atoms with Gasteiger partial charge >= 0.3 is 6.09 Å². The smallest absolute Gasteiger partial charge is 0.407 e. The number of rotatable bonds is 8. The number of pyridine rings is 2. The third kappa shape index (κ3) is 5.37. The van der Waals surface area contributed by atoms with Crippen LogP contribution < -0.4 is 10.6 Å². The van der Waals surface area contributed by atoms with Gasteiger partial charge < -0.3 is 20.6 Å². The number of carbonyl (C=O) groups is 1. The van der Waals surface area contributed by atoms with Crippen molar-refractivity contribution in [1.29, 1.82) is 0 Å². The van der Waals surface area contributed by atoms with Gasteiger partial charge in [0.1, 0.15) is 11.6 Å². The minimum Gasteiger partial charge on any atom is -0.465 e. The Morgan fingerprint density at radius 2 is 1.50 bits per heavy atom. The fourth-order valence-corrected chi connectivity index (χ4v) is 6.35. The number of anilines is 2. The molecule has 0 spiro atoms. The van der Waals surface area contributed by atoms with E-state index in [2.05, 4.69) is 41.4 Å². The fraction of sp³-hybridized carbons (Fsp3) is 0.387. The van der Waals surface area contributed by atoms with Gasteiger partial charge in [-0.3, -0.25) is 9.97 Å². The van der Waals surface area contributed by atoms with Crippen LogP contribution in [0, 0.1) is 28.4 Å². The lowest BCUT2D eigenvalue weighted by Crippen LogP contribution is -2.45. The Bertz CT molecular complexity index is 1540. The molecular formula is C31H35F2N5O2. The Kier molecular flexibility index (Phi) is 7.49. The molecule has 1 amide bonds. The quantitative estimate of drug-likeness (QED) is 0.220. The van der Waals surface area contributed by atoms with Gasteiger partial charge in [-0.15, -0.1) is 0 Å². The molecule has 7 nitrogen and oxygen atoms in total. The Hall–Kier alpha value is -4.01. The van der Waals surface area contributed by atoms with Crippen LogP contribution in [0.25, 0.3) is 21.8 Å². The number of nitrogens with one attached hydrogen (secondary N) is 2. The molecule has 0 bridgehead atoms. The second kappa shape index (κ2) is 10.9. The molecule has 210 valence electrons. The van der Waals surface area contributed by atoms with Crippen LogP contribution in [-0.4, -0.2) is 52.2 Å². The molecule has 2 aromatic heterocycles. The van der Waals surface area contributed by atoms with Gasteiger partial charge in [0.05, 0.1) is 11.0 Å². The summed E-state index contributed by atoms with van der Waals surface area (Å²) in [5.41, 5.74) is 2.48. The first kappa shape index (κ1) is 27.6. The van der Waals surface area contributed by atoms with Crippen LogP contribution in [-0.2, 0) is 0 Å². The molecule has 1 fully saturated rings. The molecule has 40 heavy (non-hydrogen) atoms. The Morgan fingerprint density at radius 3 is 2.02 bits per heavy atom. The summed E-state index contributed by atoms with van der Waals surface area (Å²) in [6, 6.07) is 12.9. The molecule has 0 saturated carbocycles. The van der Waals surface area contributed by atoms with Crippen LogP contribution in [0.4, 0.5) is 25.0 Å². The molecule has 4 aromatic rings. The summed E-state index contributed by atoms with van der Waals surface area (Å²) < 4.78 is 27.4. The molecule has 9 heteroatoms. The van der Waals surface area contributed by atoms with Crippen molar-refractivity contribution in [3.8, 4) is 0 Å². The van der Waals surface area contributed by atoms with Crippen LogP contribution in [0.3, 0.4) is 0 Å². The number of hydrogen-bond acceptors (Lipinski definition) is 5. The van der Waals surface area contributed by atoms with Crippen LogP contribution in [0.1, 0.15) is 33.6 Å². The van der Waals surface area contributed by atoms with Gasteiger partial charge in [-0.2, -0.15) is 0 Å². The summed E-state index contributed by atoms with van der Waals surface area (Å²) in [6.07, 6.45) is 3.95. The summed E-state index contributed by atoms with van der Waals surface area (Å²) in [6.45, 7) is 8.76. The summed E-state index contributed by atoms with van der Waals surface area (Å²) in [4.78, 5) is 22.2. The van der Waals surface area contributed by atoms with Gasteiger partial charge in [0, 0.05) is 72.9 Å². The van der Waals surface area contributed by atoms with Gasteiger partial charge in [-0.1, -0.05) is 20.8 Å². The van der Waals surface area contributed by atoms with E-state index in [0.29, 0.717) is 37.2 Å². The Morgan fingerprint density at radius 1 is 0.950 bits per heavy atom. The maximum Gasteiger partial charge on any atom is 0.407 e. The molecule has 3 heterocycles. The van der Waals surface area contributed by atoms with Gasteiger partial charge in [0.2, 0.25) is 0 Å². The fourth-order valence-electron chi connectivity index (χ4n) is 6.35. The molecule has 1 aliphatic heterocycles. The van der Waals surface area contributed by atoms with Crippen molar-refractivity contribution in [3.63, 3.8) is 0 Å². The predicted molar refractivity (Wildman–Crippen MR) is 155 cm³/mol. The first-order valence-electron chi connectivity index (χ1n) is 13.6. The zero-order valence-corrected chi connectivity index (χ0v) is 23.0. The molecule has 0 radical (unpaired) electrons. The average Bonchev–Trinajstić information content (AvgIpc) is 3.29. The molecule has 2 atom stereocenters. The first-order chi connectivity index (χ1) is 19.1. The number of amides is 1. The molecule has 0 unspecified atom stereocenters. The van der Waals surface area contributed by atoms with E-state index in [1.54, 1.807) is 29.4 Å². The highest BCUT2D eigenvalue weighted by Gasteiger charge is 2.53. The normalized spacial score (nSPS) is 19.3. The summed E-state index contributed by atoms with van der Waals surface area (Å²) in [7, 11) is 0. The number of benzene rings is 2. The average molecular weight is 548 g/mol. The minimum atomic E-state index is -0.902. The van der Waals surface area contributed by atoms with Gasteiger partial charge in [0.25, 0.3) is 0 Å². The Labute approximate surface area is 232 Å². The monoisotopic (exact) mass is 547 g/mol. The number of likely N-dealkylation sites (tertiary alicyclic amines) is 1. The highest BCUT2D eigenvalue weighted by atomic mass is 19.1. The number of hydrogen-bond donors (Lipinski definition) is 3. The van der Waals surface area contributed by atoms with Crippen LogP contribution in [0.15, 0.2) is 60.9 Å². The number of aromatic nitrogens is 2. The number of fused-ring (bicyclic) bond motifs is 2. The molecule has 0 aliphatic carbocycles. The van der Waals surface area contributed by atoms with Gasteiger partial charge in [-0.05, 0) is 66.0 Å². The van der Waals surface area contributed by atoms with E-state index in [1.807, 2.05) is 12.1 Å². The highest BCUT2D eigenvalue weighted by molar-refractivity contribution is 5.91. The van der Waals surface area contributed by atoms with E-state index in [0.717, 1.165) is 35.0 Å². The Balaban J connectivity index is 1.34. The van der Waals surface area contributed by atoms with E-state index in [9.17, 15) is 18.7 Å². The van der Waals surface area contributed by atoms with Gasteiger partial charge in [-0.25, -0.2) is 13.6 Å². The molecular weight excluding hydrogens is 512 g/mol. The topological polar surface area (TPSA) is 90.4 Å². The van der Waals surface area contributed by atoms with Crippen molar-refractivity contribution >= 4 is 39.3 Å². The van der Waals surface area contributed by atoms with Crippen molar-refractivity contribution in [3.05, 3.63) is 72.6 Å². The van der Waals surface area contributed by atoms with E-state index >= 15 is 0 Å². The number of nitrogens with zero attached hydrogens (tertiary/aromatic N) is 3. The molecule has 2 aromatic carbocycles. The van der Waals surface area contributed by atoms with Crippen LogP contribution >= 0.6 is 0 Å². The molecule has 1 saturated heterocycles. The van der Waals surface area contributed by atoms with Gasteiger partial charge in [0.15, 0.2) is 0 Å². The zero-order valence-electron chi connectivity index (χ0n) is 23.0. The number of carboxylic acid groups (broad SMARTS) is 1. The van der Waals surface area contributed by atoms with Crippen LogP contribution in [0.2, 0.25) is 0 Å². The standard InChI is InChI=1S/C31H35F2N5O2/c1-30(2,3)31(11-15-37-26-10-14-36-28-17-22(33)5-7-24(26)28)19-38(29(39)40)18-20(31)8-12-34-25-9-13-35-27-16-21(32)4-6-23(25)27/h4-7,9-10,13-14,16-17,20H,8,11-12,15,18-19H2,1-3H3,(H,34,35)(H,36,37)(H,39,40)/t20-,31-/m1/s1. The van der Waals surface area contributed by atoms with E-state index < -0.39 is 6.09 Å². The van der Waals surface area contributed by atoms with Crippen molar-refractivity contribution < 1.29 is 18.7 Å². The van der Waals surface area contributed by atoms with Crippen molar-refractivity contribution in [2.75, 3.05) is 36.8 Å². The lowest BCUT2D eigenvalue weighted by Gasteiger charge is -2.46. The number of halogens is 2. The maximum absolute atomic E-state index is 13.7. The third-order valence-electron chi connectivity index (χ3n) is 8.56. The first-order valence-corrected chi connectivity index (χ1v) is 13.6. The minimum absolute atomic E-state index is 0.117. The summed E-state index contributed by atoms with van der Waals surface area (Å²) >= 11 is 0. The lowest BCUT2D eigenvalue weighted by molar-refractivity contribution is 0.0412. The van der Waals surface area contributed by atoms with Crippen molar-refractivity contribution in [2.45, 2.75) is 33.6 Å². The van der Waals surface area contributed by atoms with Crippen molar-refractivity contribution in [1.82, 2.24) is 14.9 Å². The predicted octanol–water partition coefficient (Wildman–Crippen LogP) is 7.01. The van der Waals surface area contributed by atoms with Crippen molar-refractivity contribution in [2.24, 2.45) is 16.7 Å². The highest BCUT2D eigenvalue weighted by Crippen LogP contribution is 2.53. The molecule has 1 aliphatic rings. The second-order valence-electron chi connectivity index (χ2n) is 11.7. The molecule has 5 rings (SSSR count). The van der Waals surface area contributed by atoms with Crippen LogP contribution in [0.5, 0.6) is 0 Å². The van der Waals surface area contributed by atoms with E-state index in [-0.39, 0.29) is 28.4 Å². The maximum atomic E-state index is 13.7. The summed E-state index contributed by atoms with van der Waals surface area (Å²) in [5.74, 6) is -0.536. The largest absolute Gasteiger partial charge is 0.465 e. The van der Waals surface area contributed by atoms with E-state index in [1.165, 1.54) is 24.3 Å². The van der Waals surface area contributed by atoms with E-state index in [4.69, 9.17) is 0 Å². The third-order valence-corrected chi connectivity index (χ3v) is 8.56.